The number of alkyl halides is 3. The molecule has 1 aliphatic rings. The van der Waals surface area contributed by atoms with Crippen LogP contribution in [0.15, 0.2) is 30.3 Å². The molecule has 1 aliphatic heterocycles. The Kier molecular flexibility index (Phi) is 4.94. The molecule has 1 saturated heterocycles. The molecule has 25 heavy (non-hydrogen) atoms. The normalized spacial score (nSPS) is 18.4. The van der Waals surface area contributed by atoms with E-state index in [2.05, 4.69) is 14.9 Å². The molecule has 134 valence electrons. The third-order valence-corrected chi connectivity index (χ3v) is 4.24. The van der Waals surface area contributed by atoms with Crippen LogP contribution in [0.5, 0.6) is 0 Å². The van der Waals surface area contributed by atoms with E-state index in [1.807, 2.05) is 19.9 Å². The maximum atomic E-state index is 12.7. The molecular weight excluding hydrogens is 331 g/mol. The Hall–Kier alpha value is -2.15. The Morgan fingerprint density at radius 2 is 1.92 bits per heavy atom. The fourth-order valence-electron chi connectivity index (χ4n) is 2.90. The van der Waals surface area contributed by atoms with Crippen molar-refractivity contribution in [3.05, 3.63) is 53.0 Å². The van der Waals surface area contributed by atoms with E-state index in [1.54, 1.807) is 0 Å². The molecular formula is C18H20F3N3O. The second-order valence-electron chi connectivity index (χ2n) is 6.04. The van der Waals surface area contributed by atoms with Crippen LogP contribution < -0.4 is 4.90 Å². The second-order valence-corrected chi connectivity index (χ2v) is 6.04. The summed E-state index contributed by atoms with van der Waals surface area (Å²) in [5.41, 5.74) is 1.06. The van der Waals surface area contributed by atoms with Gasteiger partial charge in [-0.2, -0.15) is 13.2 Å². The monoisotopic (exact) mass is 351 g/mol. The largest absolute Gasteiger partial charge is 0.416 e. The lowest BCUT2D eigenvalue weighted by atomic mass is 10.1. The number of aryl methyl sites for hydroxylation is 2. The molecule has 1 atom stereocenters. The van der Waals surface area contributed by atoms with Crippen LogP contribution in [0.2, 0.25) is 0 Å². The van der Waals surface area contributed by atoms with E-state index in [-0.39, 0.29) is 6.10 Å². The predicted molar refractivity (Wildman–Crippen MR) is 88.5 cm³/mol. The third-order valence-electron chi connectivity index (χ3n) is 4.24. The summed E-state index contributed by atoms with van der Waals surface area (Å²) in [6.07, 6.45) is -3.79. The topological polar surface area (TPSA) is 38.2 Å². The SMILES string of the molecule is CCc1cc(N2CCOC(c3ccc(C(F)(F)F)cc3)C2)nc(C)n1. The maximum absolute atomic E-state index is 12.7. The van der Waals surface area contributed by atoms with Crippen molar-refractivity contribution in [3.63, 3.8) is 0 Å². The van der Waals surface area contributed by atoms with Crippen LogP contribution in [0.3, 0.4) is 0 Å². The molecule has 1 aromatic heterocycles. The number of halogens is 3. The molecule has 0 bridgehead atoms. The molecule has 0 aliphatic carbocycles. The Labute approximate surface area is 144 Å². The summed E-state index contributed by atoms with van der Waals surface area (Å²) in [5.74, 6) is 1.55. The molecule has 0 N–H and O–H groups in total. The van der Waals surface area contributed by atoms with Crippen LogP contribution >= 0.6 is 0 Å². The minimum absolute atomic E-state index is 0.281. The van der Waals surface area contributed by atoms with Gasteiger partial charge in [-0.25, -0.2) is 9.97 Å². The average Bonchev–Trinajstić information content (AvgIpc) is 2.60. The van der Waals surface area contributed by atoms with Gasteiger partial charge in [0.25, 0.3) is 0 Å². The van der Waals surface area contributed by atoms with Gasteiger partial charge >= 0.3 is 6.18 Å². The number of morpholine rings is 1. The van der Waals surface area contributed by atoms with Gasteiger partial charge in [0.15, 0.2) is 0 Å². The van der Waals surface area contributed by atoms with E-state index in [0.29, 0.717) is 25.5 Å². The quantitative estimate of drug-likeness (QED) is 0.839. The van der Waals surface area contributed by atoms with Crippen molar-refractivity contribution in [1.82, 2.24) is 9.97 Å². The van der Waals surface area contributed by atoms with Crippen molar-refractivity contribution in [2.45, 2.75) is 32.5 Å². The van der Waals surface area contributed by atoms with E-state index >= 15 is 0 Å². The van der Waals surface area contributed by atoms with Crippen molar-refractivity contribution in [1.29, 1.82) is 0 Å². The number of aromatic nitrogens is 2. The summed E-state index contributed by atoms with van der Waals surface area (Å²) in [5, 5.41) is 0. The van der Waals surface area contributed by atoms with Crippen LogP contribution in [-0.4, -0.2) is 29.7 Å². The first-order chi connectivity index (χ1) is 11.9. The molecule has 7 heteroatoms. The van der Waals surface area contributed by atoms with Crippen molar-refractivity contribution in [2.24, 2.45) is 0 Å². The Morgan fingerprint density at radius 3 is 2.56 bits per heavy atom. The Balaban J connectivity index is 1.78. The molecule has 1 unspecified atom stereocenters. The molecule has 4 nitrogen and oxygen atoms in total. The molecule has 3 rings (SSSR count). The lowest BCUT2D eigenvalue weighted by Crippen LogP contribution is -2.39. The molecule has 0 saturated carbocycles. The van der Waals surface area contributed by atoms with Crippen molar-refractivity contribution < 1.29 is 17.9 Å². The van der Waals surface area contributed by atoms with Gasteiger partial charge in [0.1, 0.15) is 17.7 Å². The molecule has 0 spiro atoms. The Morgan fingerprint density at radius 1 is 1.20 bits per heavy atom. The van der Waals surface area contributed by atoms with Gasteiger partial charge in [0.2, 0.25) is 0 Å². The highest BCUT2D eigenvalue weighted by atomic mass is 19.4. The van der Waals surface area contributed by atoms with Crippen molar-refractivity contribution >= 4 is 5.82 Å². The lowest BCUT2D eigenvalue weighted by Gasteiger charge is -2.34. The molecule has 1 aromatic carbocycles. The minimum atomic E-state index is -4.33. The lowest BCUT2D eigenvalue weighted by molar-refractivity contribution is -0.137. The first-order valence-electron chi connectivity index (χ1n) is 8.25. The number of nitrogens with zero attached hydrogens (tertiary/aromatic N) is 3. The third kappa shape index (κ3) is 4.10. The summed E-state index contributed by atoms with van der Waals surface area (Å²) < 4.78 is 43.9. The summed E-state index contributed by atoms with van der Waals surface area (Å²) >= 11 is 0. The summed E-state index contributed by atoms with van der Waals surface area (Å²) in [4.78, 5) is 11.0. The van der Waals surface area contributed by atoms with Gasteiger partial charge in [-0.05, 0) is 31.0 Å². The average molecular weight is 351 g/mol. The summed E-state index contributed by atoms with van der Waals surface area (Å²) in [7, 11) is 0. The predicted octanol–water partition coefficient (Wildman–Crippen LogP) is 3.94. The van der Waals surface area contributed by atoms with Crippen LogP contribution in [0, 0.1) is 6.92 Å². The highest BCUT2D eigenvalue weighted by Gasteiger charge is 2.31. The smallest absolute Gasteiger partial charge is 0.370 e. The molecule has 2 aromatic rings. The van der Waals surface area contributed by atoms with E-state index in [0.717, 1.165) is 35.6 Å². The Bertz CT molecular complexity index is 731. The van der Waals surface area contributed by atoms with Crippen LogP contribution in [-0.2, 0) is 17.3 Å². The van der Waals surface area contributed by atoms with Gasteiger partial charge in [-0.3, -0.25) is 0 Å². The van der Waals surface area contributed by atoms with Crippen LogP contribution in [0.1, 0.15) is 35.7 Å². The number of rotatable bonds is 3. The van der Waals surface area contributed by atoms with Crippen LogP contribution in [0.25, 0.3) is 0 Å². The highest BCUT2D eigenvalue weighted by Crippen LogP contribution is 2.31. The van der Waals surface area contributed by atoms with Gasteiger partial charge in [0, 0.05) is 24.8 Å². The molecule has 1 fully saturated rings. The number of ether oxygens (including phenoxy) is 1. The fraction of sp³-hybridized carbons (Fsp3) is 0.444. The number of hydrogen-bond donors (Lipinski definition) is 0. The van der Waals surface area contributed by atoms with E-state index in [9.17, 15) is 13.2 Å². The standard InChI is InChI=1S/C18H20F3N3O/c1-3-15-10-17(23-12(2)22-15)24-8-9-25-16(11-24)13-4-6-14(7-5-13)18(19,20)21/h4-7,10,16H,3,8-9,11H2,1-2H3. The number of benzene rings is 1. The molecule has 0 amide bonds. The zero-order chi connectivity index (χ0) is 18.0. The van der Waals surface area contributed by atoms with Crippen molar-refractivity contribution in [2.75, 3.05) is 24.6 Å². The van der Waals surface area contributed by atoms with E-state index in [4.69, 9.17) is 4.74 Å². The molecule has 0 radical (unpaired) electrons. The summed E-state index contributed by atoms with van der Waals surface area (Å²) in [6, 6.07) is 7.13. The fourth-order valence-corrected chi connectivity index (χ4v) is 2.90. The number of hydrogen-bond acceptors (Lipinski definition) is 4. The van der Waals surface area contributed by atoms with Crippen LogP contribution in [0.4, 0.5) is 19.0 Å². The molecule has 2 heterocycles. The number of anilines is 1. The van der Waals surface area contributed by atoms with Gasteiger partial charge in [-0.1, -0.05) is 19.1 Å². The zero-order valence-corrected chi connectivity index (χ0v) is 14.2. The van der Waals surface area contributed by atoms with Gasteiger partial charge in [0.05, 0.1) is 12.2 Å². The first kappa shape index (κ1) is 17.7. The zero-order valence-electron chi connectivity index (χ0n) is 14.2. The van der Waals surface area contributed by atoms with E-state index < -0.39 is 11.7 Å². The first-order valence-corrected chi connectivity index (χ1v) is 8.25. The van der Waals surface area contributed by atoms with E-state index in [1.165, 1.54) is 12.1 Å². The minimum Gasteiger partial charge on any atom is -0.370 e. The maximum Gasteiger partial charge on any atom is 0.416 e. The highest BCUT2D eigenvalue weighted by molar-refractivity contribution is 5.41. The summed E-state index contributed by atoms with van der Waals surface area (Å²) in [6.45, 7) is 5.63. The second kappa shape index (κ2) is 7.00. The van der Waals surface area contributed by atoms with Gasteiger partial charge in [-0.15, -0.1) is 0 Å². The van der Waals surface area contributed by atoms with Gasteiger partial charge < -0.3 is 9.64 Å². The van der Waals surface area contributed by atoms with Crippen molar-refractivity contribution in [3.8, 4) is 0 Å².